The number of rotatable bonds is 5. The van der Waals surface area contributed by atoms with E-state index in [1.165, 1.54) is 6.07 Å². The Morgan fingerprint density at radius 2 is 1.58 bits per heavy atom. The lowest BCUT2D eigenvalue weighted by Gasteiger charge is -2.12. The summed E-state index contributed by atoms with van der Waals surface area (Å²) < 4.78 is 39.7. The predicted octanol–water partition coefficient (Wildman–Crippen LogP) is 6.05. The van der Waals surface area contributed by atoms with Crippen molar-refractivity contribution in [2.24, 2.45) is 0 Å². The van der Waals surface area contributed by atoms with Crippen LogP contribution in [0.4, 0.5) is 18.9 Å². The number of anilines is 1. The van der Waals surface area contributed by atoms with Crippen molar-refractivity contribution >= 4 is 34.3 Å². The Kier molecular flexibility index (Phi) is 5.90. The Labute approximate surface area is 180 Å². The molecule has 0 fully saturated rings. The van der Waals surface area contributed by atoms with E-state index < -0.39 is 11.7 Å². The Morgan fingerprint density at radius 1 is 0.903 bits per heavy atom. The molecule has 156 valence electrons. The van der Waals surface area contributed by atoms with Crippen molar-refractivity contribution in [1.29, 1.82) is 0 Å². The van der Waals surface area contributed by atoms with E-state index in [9.17, 15) is 18.0 Å². The Hall–Kier alpha value is -3.39. The van der Waals surface area contributed by atoms with Gasteiger partial charge in [0, 0.05) is 16.6 Å². The van der Waals surface area contributed by atoms with E-state index in [1.807, 2.05) is 36.4 Å². The van der Waals surface area contributed by atoms with Crippen LogP contribution in [0.1, 0.15) is 5.56 Å². The topological polar surface area (TPSA) is 54.9 Å². The summed E-state index contributed by atoms with van der Waals surface area (Å²) in [7, 11) is 0. The number of nitrogens with one attached hydrogen (secondary N) is 1. The molecule has 0 radical (unpaired) electrons. The number of amides is 1. The predicted molar refractivity (Wildman–Crippen MR) is 116 cm³/mol. The van der Waals surface area contributed by atoms with E-state index in [0.29, 0.717) is 22.1 Å². The number of alkyl halides is 3. The SMILES string of the molecule is O=C(CSc1nc(-c2ccccc2)nc2ccc(C(F)(F)F)cc12)Nc1ccccc1. The van der Waals surface area contributed by atoms with Crippen LogP contribution in [0.3, 0.4) is 0 Å². The molecule has 0 spiro atoms. The van der Waals surface area contributed by atoms with Crippen LogP contribution in [0.15, 0.2) is 83.9 Å². The maximum absolute atomic E-state index is 13.2. The number of thioether (sulfide) groups is 1. The number of carbonyl (C=O) groups is 1. The summed E-state index contributed by atoms with van der Waals surface area (Å²) in [4.78, 5) is 21.3. The van der Waals surface area contributed by atoms with Crippen molar-refractivity contribution in [3.8, 4) is 11.4 Å². The van der Waals surface area contributed by atoms with E-state index in [4.69, 9.17) is 0 Å². The third-order valence-electron chi connectivity index (χ3n) is 4.42. The van der Waals surface area contributed by atoms with Crippen LogP contribution < -0.4 is 5.32 Å². The number of fused-ring (bicyclic) bond motifs is 1. The molecule has 0 aliphatic heterocycles. The number of hydrogen-bond acceptors (Lipinski definition) is 4. The van der Waals surface area contributed by atoms with Crippen LogP contribution >= 0.6 is 11.8 Å². The van der Waals surface area contributed by atoms with Gasteiger partial charge in [-0.1, -0.05) is 60.3 Å². The molecule has 4 rings (SSSR count). The van der Waals surface area contributed by atoms with Crippen LogP contribution in [0.5, 0.6) is 0 Å². The second kappa shape index (κ2) is 8.77. The van der Waals surface area contributed by atoms with Gasteiger partial charge in [-0.15, -0.1) is 0 Å². The van der Waals surface area contributed by atoms with Crippen molar-refractivity contribution in [1.82, 2.24) is 9.97 Å². The van der Waals surface area contributed by atoms with Crippen LogP contribution in [0, 0.1) is 0 Å². The van der Waals surface area contributed by atoms with E-state index >= 15 is 0 Å². The zero-order chi connectivity index (χ0) is 21.8. The van der Waals surface area contributed by atoms with Gasteiger partial charge in [0.2, 0.25) is 5.91 Å². The number of nitrogens with zero attached hydrogens (tertiary/aromatic N) is 2. The molecule has 3 aromatic carbocycles. The molecule has 4 aromatic rings. The van der Waals surface area contributed by atoms with Crippen LogP contribution in [-0.4, -0.2) is 21.6 Å². The normalized spacial score (nSPS) is 11.5. The molecule has 1 amide bonds. The van der Waals surface area contributed by atoms with Crippen molar-refractivity contribution in [2.45, 2.75) is 11.2 Å². The highest BCUT2D eigenvalue weighted by Crippen LogP contribution is 2.35. The van der Waals surface area contributed by atoms with Gasteiger partial charge in [-0.2, -0.15) is 13.2 Å². The molecule has 0 aliphatic carbocycles. The third kappa shape index (κ3) is 5.03. The van der Waals surface area contributed by atoms with Crippen molar-refractivity contribution in [3.05, 3.63) is 84.4 Å². The molecule has 0 saturated carbocycles. The monoisotopic (exact) mass is 439 g/mol. The fourth-order valence-corrected chi connectivity index (χ4v) is 3.77. The molecule has 31 heavy (non-hydrogen) atoms. The van der Waals surface area contributed by atoms with E-state index in [-0.39, 0.29) is 17.0 Å². The molecular weight excluding hydrogens is 423 g/mol. The lowest BCUT2D eigenvalue weighted by Crippen LogP contribution is -2.14. The number of benzene rings is 3. The van der Waals surface area contributed by atoms with Crippen LogP contribution in [0.2, 0.25) is 0 Å². The Morgan fingerprint density at radius 3 is 2.26 bits per heavy atom. The quantitative estimate of drug-likeness (QED) is 0.304. The fourth-order valence-electron chi connectivity index (χ4n) is 2.96. The minimum atomic E-state index is -4.49. The van der Waals surface area contributed by atoms with Gasteiger partial charge in [0.05, 0.1) is 16.8 Å². The lowest BCUT2D eigenvalue weighted by atomic mass is 10.1. The van der Waals surface area contributed by atoms with E-state index in [2.05, 4.69) is 15.3 Å². The highest BCUT2D eigenvalue weighted by molar-refractivity contribution is 8.00. The number of para-hydroxylation sites is 1. The second-order valence-corrected chi connectivity index (χ2v) is 7.62. The molecule has 1 heterocycles. The van der Waals surface area contributed by atoms with Gasteiger partial charge in [-0.05, 0) is 30.3 Å². The zero-order valence-electron chi connectivity index (χ0n) is 16.1. The largest absolute Gasteiger partial charge is 0.416 e. The van der Waals surface area contributed by atoms with Gasteiger partial charge < -0.3 is 5.32 Å². The van der Waals surface area contributed by atoms with Gasteiger partial charge >= 0.3 is 6.18 Å². The summed E-state index contributed by atoms with van der Waals surface area (Å²) >= 11 is 1.07. The molecule has 0 saturated heterocycles. The van der Waals surface area contributed by atoms with Crippen LogP contribution in [0.25, 0.3) is 22.3 Å². The second-order valence-electron chi connectivity index (χ2n) is 6.65. The standard InChI is InChI=1S/C23H16F3N3OS/c24-23(25,26)16-11-12-19-18(13-16)22(29-21(28-19)15-7-3-1-4-8-15)31-14-20(30)27-17-9-5-2-6-10-17/h1-13H,14H2,(H,27,30). The number of aromatic nitrogens is 2. The van der Waals surface area contributed by atoms with Gasteiger partial charge in [0.25, 0.3) is 0 Å². The first kappa shape index (κ1) is 20.9. The highest BCUT2D eigenvalue weighted by atomic mass is 32.2. The Balaban J connectivity index is 1.68. The van der Waals surface area contributed by atoms with E-state index in [1.54, 1.807) is 24.3 Å². The summed E-state index contributed by atoms with van der Waals surface area (Å²) in [6.07, 6.45) is -4.49. The summed E-state index contributed by atoms with van der Waals surface area (Å²) in [5.41, 5.74) is 0.976. The van der Waals surface area contributed by atoms with Crippen molar-refractivity contribution < 1.29 is 18.0 Å². The summed E-state index contributed by atoms with van der Waals surface area (Å²) in [6.45, 7) is 0. The summed E-state index contributed by atoms with van der Waals surface area (Å²) in [5, 5.41) is 3.33. The molecule has 0 aliphatic rings. The van der Waals surface area contributed by atoms with Gasteiger partial charge in [0.1, 0.15) is 5.03 Å². The first-order valence-electron chi connectivity index (χ1n) is 9.32. The minimum Gasteiger partial charge on any atom is -0.325 e. The van der Waals surface area contributed by atoms with Crippen LogP contribution in [-0.2, 0) is 11.0 Å². The number of carbonyl (C=O) groups excluding carboxylic acids is 1. The smallest absolute Gasteiger partial charge is 0.325 e. The molecular formula is C23H16F3N3OS. The lowest BCUT2D eigenvalue weighted by molar-refractivity contribution is -0.137. The maximum Gasteiger partial charge on any atom is 0.416 e. The molecule has 0 atom stereocenters. The maximum atomic E-state index is 13.2. The zero-order valence-corrected chi connectivity index (χ0v) is 16.9. The Bertz CT molecular complexity index is 1220. The number of halogens is 3. The van der Waals surface area contributed by atoms with Gasteiger partial charge in [0.15, 0.2) is 5.82 Å². The summed E-state index contributed by atoms with van der Waals surface area (Å²) in [6, 6.07) is 21.5. The third-order valence-corrected chi connectivity index (χ3v) is 5.41. The van der Waals surface area contributed by atoms with E-state index in [0.717, 1.165) is 29.5 Å². The summed E-state index contributed by atoms with van der Waals surface area (Å²) in [5.74, 6) is 0.0981. The average Bonchev–Trinajstić information content (AvgIpc) is 2.77. The minimum absolute atomic E-state index is 0.00845. The molecule has 4 nitrogen and oxygen atoms in total. The molecule has 8 heteroatoms. The average molecular weight is 439 g/mol. The van der Waals surface area contributed by atoms with Gasteiger partial charge in [-0.3, -0.25) is 4.79 Å². The first-order valence-corrected chi connectivity index (χ1v) is 10.3. The molecule has 1 N–H and O–H groups in total. The first-order chi connectivity index (χ1) is 14.9. The van der Waals surface area contributed by atoms with Crippen molar-refractivity contribution in [3.63, 3.8) is 0 Å². The molecule has 1 aromatic heterocycles. The van der Waals surface area contributed by atoms with Gasteiger partial charge in [-0.25, -0.2) is 9.97 Å². The highest BCUT2D eigenvalue weighted by Gasteiger charge is 2.31. The molecule has 0 bridgehead atoms. The van der Waals surface area contributed by atoms with Crippen molar-refractivity contribution in [2.75, 3.05) is 11.1 Å². The molecule has 0 unspecified atom stereocenters. The number of hydrogen-bond donors (Lipinski definition) is 1. The fraction of sp³-hybridized carbons (Fsp3) is 0.0870.